The van der Waals surface area contributed by atoms with E-state index in [2.05, 4.69) is 31.1 Å². The van der Waals surface area contributed by atoms with Gasteiger partial charge in [0.25, 0.3) is 5.56 Å². The predicted molar refractivity (Wildman–Crippen MR) is 93.3 cm³/mol. The summed E-state index contributed by atoms with van der Waals surface area (Å²) in [4.78, 5) is 26.3. The van der Waals surface area contributed by atoms with Crippen molar-refractivity contribution in [2.75, 3.05) is 6.61 Å². The lowest BCUT2D eigenvalue weighted by Crippen LogP contribution is -2.29. The standard InChI is InChI=1S/C17H23N3O3S/c1-5-23-13(21)9-20-16(22)14-11-7-6-10(17(2,3)4)8-12(11)24-15(14)18-19-20/h10H,5-9H2,1-4H3. The van der Waals surface area contributed by atoms with Crippen LogP contribution in [0.1, 0.15) is 44.6 Å². The van der Waals surface area contributed by atoms with Crippen molar-refractivity contribution in [1.82, 2.24) is 15.0 Å². The van der Waals surface area contributed by atoms with Crippen LogP contribution < -0.4 is 5.56 Å². The summed E-state index contributed by atoms with van der Waals surface area (Å²) >= 11 is 1.57. The van der Waals surface area contributed by atoms with Crippen LogP contribution in [0.3, 0.4) is 0 Å². The molecule has 1 aliphatic carbocycles. The van der Waals surface area contributed by atoms with Crippen molar-refractivity contribution in [3.63, 3.8) is 0 Å². The van der Waals surface area contributed by atoms with Gasteiger partial charge in [-0.05, 0) is 43.1 Å². The molecule has 7 heteroatoms. The Morgan fingerprint density at radius 1 is 1.42 bits per heavy atom. The van der Waals surface area contributed by atoms with Crippen LogP contribution in [0, 0.1) is 11.3 Å². The van der Waals surface area contributed by atoms with Crippen LogP contribution in [0.15, 0.2) is 4.79 Å². The second-order valence-electron chi connectivity index (χ2n) is 7.35. The summed E-state index contributed by atoms with van der Waals surface area (Å²) in [5.74, 6) is 0.137. The number of fused-ring (bicyclic) bond motifs is 3. The molecule has 130 valence electrons. The van der Waals surface area contributed by atoms with Crippen LogP contribution >= 0.6 is 11.3 Å². The summed E-state index contributed by atoms with van der Waals surface area (Å²) in [6.07, 6.45) is 2.94. The molecule has 0 amide bonds. The third-order valence-corrected chi connectivity index (χ3v) is 5.89. The summed E-state index contributed by atoms with van der Waals surface area (Å²) in [6, 6.07) is 0. The highest BCUT2D eigenvalue weighted by Gasteiger charge is 2.32. The molecule has 1 aliphatic rings. The largest absolute Gasteiger partial charge is 0.465 e. The molecule has 0 radical (unpaired) electrons. The van der Waals surface area contributed by atoms with Gasteiger partial charge in [0.15, 0.2) is 4.83 Å². The number of ether oxygens (including phenoxy) is 1. The highest BCUT2D eigenvalue weighted by atomic mass is 32.1. The number of aryl methyl sites for hydroxylation is 1. The predicted octanol–water partition coefficient (Wildman–Crippen LogP) is 2.57. The van der Waals surface area contributed by atoms with Crippen LogP contribution in [0.25, 0.3) is 10.2 Å². The van der Waals surface area contributed by atoms with E-state index >= 15 is 0 Å². The maximum Gasteiger partial charge on any atom is 0.327 e. The van der Waals surface area contributed by atoms with Gasteiger partial charge in [0.1, 0.15) is 6.54 Å². The third-order valence-electron chi connectivity index (χ3n) is 4.75. The molecule has 24 heavy (non-hydrogen) atoms. The van der Waals surface area contributed by atoms with Crippen molar-refractivity contribution in [2.24, 2.45) is 11.3 Å². The molecule has 0 aliphatic heterocycles. The summed E-state index contributed by atoms with van der Waals surface area (Å²) in [5, 5.41) is 8.72. The average molecular weight is 349 g/mol. The Bertz CT molecular complexity index is 832. The number of carbonyl (C=O) groups is 1. The minimum Gasteiger partial charge on any atom is -0.465 e. The fourth-order valence-electron chi connectivity index (χ4n) is 3.30. The van der Waals surface area contributed by atoms with Gasteiger partial charge in [0.2, 0.25) is 0 Å². The minimum absolute atomic E-state index is 0.190. The zero-order valence-electron chi connectivity index (χ0n) is 14.6. The van der Waals surface area contributed by atoms with Crippen LogP contribution in [0.5, 0.6) is 0 Å². The van der Waals surface area contributed by atoms with Crippen molar-refractivity contribution < 1.29 is 9.53 Å². The number of rotatable bonds is 3. The van der Waals surface area contributed by atoms with E-state index in [1.54, 1.807) is 18.3 Å². The second kappa shape index (κ2) is 6.27. The van der Waals surface area contributed by atoms with Crippen LogP contribution in [-0.2, 0) is 28.9 Å². The van der Waals surface area contributed by atoms with Gasteiger partial charge < -0.3 is 4.74 Å². The molecular weight excluding hydrogens is 326 g/mol. The maximum absolute atomic E-state index is 12.7. The molecular formula is C17H23N3O3S. The molecule has 1 unspecified atom stereocenters. The molecule has 0 saturated heterocycles. The first-order valence-corrected chi connectivity index (χ1v) is 9.16. The van der Waals surface area contributed by atoms with Crippen molar-refractivity contribution in [3.05, 3.63) is 20.8 Å². The number of thiophene rings is 1. The highest BCUT2D eigenvalue weighted by molar-refractivity contribution is 7.18. The molecule has 0 N–H and O–H groups in total. The van der Waals surface area contributed by atoms with Crippen LogP contribution in [-0.4, -0.2) is 27.6 Å². The van der Waals surface area contributed by atoms with E-state index in [4.69, 9.17) is 4.74 Å². The van der Waals surface area contributed by atoms with Gasteiger partial charge in [0.05, 0.1) is 12.0 Å². The minimum atomic E-state index is -0.467. The Morgan fingerprint density at radius 2 is 2.17 bits per heavy atom. The van der Waals surface area contributed by atoms with Crippen molar-refractivity contribution >= 4 is 27.5 Å². The number of aromatic nitrogens is 3. The quantitative estimate of drug-likeness (QED) is 0.796. The lowest BCUT2D eigenvalue weighted by atomic mass is 9.72. The maximum atomic E-state index is 12.7. The molecule has 0 saturated carbocycles. The van der Waals surface area contributed by atoms with Gasteiger partial charge in [-0.2, -0.15) is 4.68 Å². The van der Waals surface area contributed by atoms with Crippen molar-refractivity contribution in [2.45, 2.75) is 53.5 Å². The third kappa shape index (κ3) is 3.09. The molecule has 0 fully saturated rings. The van der Waals surface area contributed by atoms with E-state index in [1.165, 1.54) is 4.88 Å². The Hall–Kier alpha value is -1.76. The van der Waals surface area contributed by atoms with Gasteiger partial charge >= 0.3 is 5.97 Å². The number of hydrogen-bond donors (Lipinski definition) is 0. The monoisotopic (exact) mass is 349 g/mol. The first-order valence-electron chi connectivity index (χ1n) is 8.35. The lowest BCUT2D eigenvalue weighted by Gasteiger charge is -2.33. The Labute approximate surface area is 144 Å². The molecule has 1 atom stereocenters. The molecule has 0 spiro atoms. The molecule has 2 aromatic rings. The zero-order chi connectivity index (χ0) is 17.5. The summed E-state index contributed by atoms with van der Waals surface area (Å²) in [6.45, 7) is 8.62. The highest BCUT2D eigenvalue weighted by Crippen LogP contribution is 2.41. The van der Waals surface area contributed by atoms with Crippen molar-refractivity contribution in [1.29, 1.82) is 0 Å². The van der Waals surface area contributed by atoms with E-state index in [-0.39, 0.29) is 24.1 Å². The summed E-state index contributed by atoms with van der Waals surface area (Å²) in [5.41, 5.74) is 1.12. The molecule has 0 bridgehead atoms. The Morgan fingerprint density at radius 3 is 2.83 bits per heavy atom. The lowest BCUT2D eigenvalue weighted by molar-refractivity contribution is -0.144. The first-order chi connectivity index (χ1) is 11.3. The first kappa shape index (κ1) is 17.1. The molecule has 2 aromatic heterocycles. The normalized spacial score (nSPS) is 17.8. The molecule has 2 heterocycles. The SMILES string of the molecule is CCOC(=O)Cn1nnc2sc3c(c2c1=O)CCC(C(C)(C)C)C3. The number of hydrogen-bond acceptors (Lipinski definition) is 6. The second-order valence-corrected chi connectivity index (χ2v) is 8.43. The van der Waals surface area contributed by atoms with Crippen LogP contribution in [0.2, 0.25) is 0 Å². The van der Waals surface area contributed by atoms with Crippen molar-refractivity contribution in [3.8, 4) is 0 Å². The number of nitrogens with zero attached hydrogens (tertiary/aromatic N) is 3. The van der Waals surface area contributed by atoms with Crippen LogP contribution in [0.4, 0.5) is 0 Å². The molecule has 6 nitrogen and oxygen atoms in total. The molecule has 0 aromatic carbocycles. The van der Waals surface area contributed by atoms with E-state index in [0.29, 0.717) is 16.1 Å². The zero-order valence-corrected chi connectivity index (χ0v) is 15.4. The van der Waals surface area contributed by atoms with Gasteiger partial charge in [0, 0.05) is 4.88 Å². The number of esters is 1. The fourth-order valence-corrected chi connectivity index (χ4v) is 4.53. The number of carbonyl (C=O) groups excluding carboxylic acids is 1. The van der Waals surface area contributed by atoms with Gasteiger partial charge in [-0.15, -0.1) is 16.4 Å². The Kier molecular flexibility index (Phi) is 4.46. The van der Waals surface area contributed by atoms with Gasteiger partial charge in [-0.1, -0.05) is 26.0 Å². The summed E-state index contributed by atoms with van der Waals surface area (Å²) < 4.78 is 6.01. The molecule has 3 rings (SSSR count). The smallest absolute Gasteiger partial charge is 0.327 e. The van der Waals surface area contributed by atoms with E-state index in [9.17, 15) is 9.59 Å². The van der Waals surface area contributed by atoms with E-state index in [0.717, 1.165) is 29.5 Å². The van der Waals surface area contributed by atoms with E-state index < -0.39 is 5.97 Å². The fraction of sp³-hybridized carbons (Fsp3) is 0.647. The van der Waals surface area contributed by atoms with Gasteiger partial charge in [-0.25, -0.2) is 0 Å². The van der Waals surface area contributed by atoms with E-state index in [1.807, 2.05) is 0 Å². The average Bonchev–Trinajstić information content (AvgIpc) is 2.87. The summed E-state index contributed by atoms with van der Waals surface area (Å²) in [7, 11) is 0. The Balaban J connectivity index is 1.99. The topological polar surface area (TPSA) is 74.1 Å². The van der Waals surface area contributed by atoms with Gasteiger partial charge in [-0.3, -0.25) is 9.59 Å².